The second-order valence-corrected chi connectivity index (χ2v) is 6.48. The maximum atomic E-state index is 12.2. The van der Waals surface area contributed by atoms with Crippen molar-refractivity contribution in [1.82, 2.24) is 4.72 Å². The van der Waals surface area contributed by atoms with E-state index in [-0.39, 0.29) is 11.4 Å². The van der Waals surface area contributed by atoms with Crippen LogP contribution in [0.25, 0.3) is 0 Å². The van der Waals surface area contributed by atoms with E-state index in [0.29, 0.717) is 23.2 Å². The number of aliphatic hydroxyl groups excluding tert-OH is 1. The Kier molecular flexibility index (Phi) is 5.34. The highest BCUT2D eigenvalue weighted by atomic mass is 32.2. The summed E-state index contributed by atoms with van der Waals surface area (Å²) in [6.07, 6.45) is 0.722. The van der Waals surface area contributed by atoms with Gasteiger partial charge in [0.25, 0.3) is 0 Å². The van der Waals surface area contributed by atoms with Crippen molar-refractivity contribution in [3.63, 3.8) is 0 Å². The van der Waals surface area contributed by atoms with Crippen molar-refractivity contribution in [3.8, 4) is 0 Å². The normalized spacial score (nSPS) is 13.5. The molecule has 0 aromatic heterocycles. The van der Waals surface area contributed by atoms with Crippen LogP contribution >= 0.6 is 0 Å². The van der Waals surface area contributed by atoms with Gasteiger partial charge in [-0.25, -0.2) is 13.1 Å². The molecule has 0 heterocycles. The predicted octanol–water partition coefficient (Wildman–Crippen LogP) is 1.32. The molecule has 0 amide bonds. The topological polar surface area (TPSA) is 92.4 Å². The van der Waals surface area contributed by atoms with Crippen LogP contribution in [0.15, 0.2) is 17.0 Å². The number of anilines is 1. The van der Waals surface area contributed by atoms with E-state index in [1.165, 1.54) is 0 Å². The van der Waals surface area contributed by atoms with Crippen molar-refractivity contribution in [2.24, 2.45) is 0 Å². The molecule has 0 aliphatic carbocycles. The number of aliphatic hydroxyl groups is 1. The summed E-state index contributed by atoms with van der Waals surface area (Å²) in [4.78, 5) is 0.241. The molecule has 0 saturated carbocycles. The lowest BCUT2D eigenvalue weighted by Gasteiger charge is -2.15. The van der Waals surface area contributed by atoms with Gasteiger partial charge in [0.1, 0.15) is 0 Å². The molecule has 0 bridgehead atoms. The van der Waals surface area contributed by atoms with E-state index in [2.05, 4.69) is 4.72 Å². The molecule has 1 unspecified atom stereocenters. The van der Waals surface area contributed by atoms with E-state index in [9.17, 15) is 13.5 Å². The first-order valence-electron chi connectivity index (χ1n) is 6.32. The van der Waals surface area contributed by atoms with E-state index in [0.717, 1.165) is 6.42 Å². The fourth-order valence-corrected chi connectivity index (χ4v) is 3.64. The minimum atomic E-state index is -3.62. The van der Waals surface area contributed by atoms with Crippen LogP contribution in [0.4, 0.5) is 5.69 Å². The van der Waals surface area contributed by atoms with Crippen molar-refractivity contribution in [3.05, 3.63) is 23.3 Å². The van der Waals surface area contributed by atoms with E-state index in [1.54, 1.807) is 26.0 Å². The molecule has 0 radical (unpaired) electrons. The third kappa shape index (κ3) is 4.19. The third-order valence-electron chi connectivity index (χ3n) is 2.88. The van der Waals surface area contributed by atoms with Gasteiger partial charge in [-0.1, -0.05) is 13.3 Å². The molecule has 0 aliphatic heterocycles. The number of aryl methyl sites for hydroxylation is 2. The first-order valence-corrected chi connectivity index (χ1v) is 7.80. The van der Waals surface area contributed by atoms with Crippen molar-refractivity contribution < 1.29 is 13.5 Å². The van der Waals surface area contributed by atoms with E-state index in [4.69, 9.17) is 5.73 Å². The molecule has 5 nitrogen and oxygen atoms in total. The molecular formula is C13H22N2O3S. The first kappa shape index (κ1) is 15.9. The zero-order chi connectivity index (χ0) is 14.6. The molecule has 0 spiro atoms. The summed E-state index contributed by atoms with van der Waals surface area (Å²) < 4.78 is 26.9. The van der Waals surface area contributed by atoms with Crippen LogP contribution in [0.5, 0.6) is 0 Å². The van der Waals surface area contributed by atoms with E-state index >= 15 is 0 Å². The lowest BCUT2D eigenvalue weighted by atomic mass is 10.1. The van der Waals surface area contributed by atoms with Crippen molar-refractivity contribution >= 4 is 15.7 Å². The van der Waals surface area contributed by atoms with Crippen LogP contribution in [0.1, 0.15) is 30.9 Å². The molecule has 1 aromatic carbocycles. The van der Waals surface area contributed by atoms with Gasteiger partial charge in [-0.2, -0.15) is 0 Å². The second kappa shape index (κ2) is 6.36. The van der Waals surface area contributed by atoms with Gasteiger partial charge >= 0.3 is 0 Å². The van der Waals surface area contributed by atoms with Crippen LogP contribution < -0.4 is 10.5 Å². The van der Waals surface area contributed by atoms with Gasteiger partial charge in [0.15, 0.2) is 0 Å². The predicted molar refractivity (Wildman–Crippen MR) is 76.4 cm³/mol. The van der Waals surface area contributed by atoms with Crippen LogP contribution in [0, 0.1) is 13.8 Å². The Balaban J connectivity index is 2.95. The summed E-state index contributed by atoms with van der Waals surface area (Å²) in [5.74, 6) is 0. The summed E-state index contributed by atoms with van der Waals surface area (Å²) in [5.41, 5.74) is 7.43. The molecule has 4 N–H and O–H groups in total. The van der Waals surface area contributed by atoms with Crippen LogP contribution in [0.2, 0.25) is 0 Å². The highest BCUT2D eigenvalue weighted by molar-refractivity contribution is 7.89. The molecule has 19 heavy (non-hydrogen) atoms. The standard InChI is InChI=1S/C13H22N2O3S/c1-4-5-12(16)8-15-19(17,18)13-9(2)6-11(14)7-10(13)3/h6-7,12,15-16H,4-5,8,14H2,1-3H3. The van der Waals surface area contributed by atoms with Crippen molar-refractivity contribution in [2.75, 3.05) is 12.3 Å². The smallest absolute Gasteiger partial charge is 0.241 e. The number of nitrogens with two attached hydrogens (primary N) is 1. The lowest BCUT2D eigenvalue weighted by molar-refractivity contribution is 0.167. The number of sulfonamides is 1. The monoisotopic (exact) mass is 286 g/mol. The summed E-state index contributed by atoms with van der Waals surface area (Å²) in [7, 11) is -3.62. The summed E-state index contributed by atoms with van der Waals surface area (Å²) in [6, 6.07) is 3.26. The minimum Gasteiger partial charge on any atom is -0.399 e. The maximum Gasteiger partial charge on any atom is 0.241 e. The van der Waals surface area contributed by atoms with E-state index < -0.39 is 16.1 Å². The first-order chi connectivity index (χ1) is 8.77. The van der Waals surface area contributed by atoms with Gasteiger partial charge < -0.3 is 10.8 Å². The number of hydrogen-bond donors (Lipinski definition) is 3. The Morgan fingerprint density at radius 2 is 1.84 bits per heavy atom. The molecule has 108 valence electrons. The van der Waals surface area contributed by atoms with Gasteiger partial charge in [0.2, 0.25) is 10.0 Å². The van der Waals surface area contributed by atoms with Gasteiger partial charge in [-0.15, -0.1) is 0 Å². The average molecular weight is 286 g/mol. The summed E-state index contributed by atoms with van der Waals surface area (Å²) >= 11 is 0. The van der Waals surface area contributed by atoms with Gasteiger partial charge in [0.05, 0.1) is 11.0 Å². The fourth-order valence-electron chi connectivity index (χ4n) is 2.12. The summed E-state index contributed by atoms with van der Waals surface area (Å²) in [5, 5.41) is 9.60. The molecule has 0 aliphatic rings. The number of hydrogen-bond acceptors (Lipinski definition) is 4. The number of benzene rings is 1. The molecule has 0 fully saturated rings. The molecule has 1 rings (SSSR count). The Morgan fingerprint density at radius 3 is 2.32 bits per heavy atom. The molecule has 0 saturated heterocycles. The van der Waals surface area contributed by atoms with Crippen LogP contribution in [-0.4, -0.2) is 26.2 Å². The molecule has 1 atom stereocenters. The fraction of sp³-hybridized carbons (Fsp3) is 0.538. The quantitative estimate of drug-likeness (QED) is 0.688. The maximum absolute atomic E-state index is 12.2. The average Bonchev–Trinajstić information content (AvgIpc) is 2.25. The van der Waals surface area contributed by atoms with Crippen LogP contribution in [0.3, 0.4) is 0 Å². The Morgan fingerprint density at radius 1 is 1.32 bits per heavy atom. The second-order valence-electron chi connectivity index (χ2n) is 4.78. The minimum absolute atomic E-state index is 0.0272. The Bertz CT molecular complexity index is 518. The zero-order valence-electron chi connectivity index (χ0n) is 11.6. The van der Waals surface area contributed by atoms with E-state index in [1.807, 2.05) is 6.92 Å². The number of nitrogens with one attached hydrogen (secondary N) is 1. The van der Waals surface area contributed by atoms with Crippen LogP contribution in [-0.2, 0) is 10.0 Å². The lowest BCUT2D eigenvalue weighted by Crippen LogP contribution is -2.32. The third-order valence-corrected chi connectivity index (χ3v) is 4.61. The largest absolute Gasteiger partial charge is 0.399 e. The molecular weight excluding hydrogens is 264 g/mol. The SMILES string of the molecule is CCCC(O)CNS(=O)(=O)c1c(C)cc(N)cc1C. The summed E-state index contributed by atoms with van der Waals surface area (Å²) in [6.45, 7) is 5.38. The number of nitrogen functional groups attached to an aromatic ring is 1. The molecule has 1 aromatic rings. The highest BCUT2D eigenvalue weighted by Crippen LogP contribution is 2.22. The highest BCUT2D eigenvalue weighted by Gasteiger charge is 2.20. The van der Waals surface area contributed by atoms with Gasteiger partial charge in [-0.05, 0) is 43.5 Å². The van der Waals surface area contributed by atoms with Crippen molar-refractivity contribution in [1.29, 1.82) is 0 Å². The van der Waals surface area contributed by atoms with Gasteiger partial charge in [0, 0.05) is 12.2 Å². The van der Waals surface area contributed by atoms with Crippen molar-refractivity contribution in [2.45, 2.75) is 44.6 Å². The zero-order valence-corrected chi connectivity index (χ0v) is 12.4. The molecule has 6 heteroatoms. The Hall–Kier alpha value is -1.11. The Labute approximate surface area is 114 Å². The van der Waals surface area contributed by atoms with Gasteiger partial charge in [-0.3, -0.25) is 0 Å². The number of rotatable bonds is 6.